The number of nitrogens with zero attached hydrogens (tertiary/aromatic N) is 3. The Bertz CT molecular complexity index is 719. The number of aromatic nitrogens is 1. The van der Waals surface area contributed by atoms with Gasteiger partial charge in [-0.25, -0.2) is 0 Å². The highest BCUT2D eigenvalue weighted by Crippen LogP contribution is 2.37. The van der Waals surface area contributed by atoms with Gasteiger partial charge in [0.25, 0.3) is 5.91 Å². The first-order chi connectivity index (χ1) is 13.4. The third-order valence-corrected chi connectivity index (χ3v) is 6.24. The molecule has 2 saturated heterocycles. The van der Waals surface area contributed by atoms with E-state index >= 15 is 0 Å². The maximum Gasteiger partial charge on any atom is 0.253 e. The van der Waals surface area contributed by atoms with E-state index in [-0.39, 0.29) is 17.4 Å². The molecule has 0 aromatic carbocycles. The second kappa shape index (κ2) is 8.89. The summed E-state index contributed by atoms with van der Waals surface area (Å²) in [5, 5.41) is 0. The molecule has 2 aliphatic heterocycles. The van der Waals surface area contributed by atoms with E-state index in [1.165, 1.54) is 5.57 Å². The normalized spacial score (nSPS) is 23.6. The van der Waals surface area contributed by atoms with E-state index in [0.717, 1.165) is 38.6 Å². The van der Waals surface area contributed by atoms with Crippen LogP contribution in [0.3, 0.4) is 0 Å². The standard InChI is InChI=1S/C23H33N3O2/c1-18(2)5-4-11-23(3)12-6-21(27)26(17-23)20-9-15-25(16-10-20)22(28)19-7-13-24-14-8-19/h5,7-8,13-14,20H,4,6,9-12,15-17H2,1-3H3/t23-/m0/s1. The number of allylic oxidation sites excluding steroid dienone is 2. The minimum Gasteiger partial charge on any atom is -0.339 e. The molecule has 1 aromatic rings. The molecule has 2 aliphatic rings. The van der Waals surface area contributed by atoms with Gasteiger partial charge in [-0.15, -0.1) is 0 Å². The molecule has 5 heteroatoms. The number of hydrogen-bond donors (Lipinski definition) is 0. The number of likely N-dealkylation sites (tertiary alicyclic amines) is 2. The van der Waals surface area contributed by atoms with E-state index < -0.39 is 0 Å². The van der Waals surface area contributed by atoms with Crippen molar-refractivity contribution in [2.75, 3.05) is 19.6 Å². The molecule has 3 rings (SSSR count). The van der Waals surface area contributed by atoms with Gasteiger partial charge in [0, 0.05) is 50.1 Å². The van der Waals surface area contributed by atoms with Gasteiger partial charge in [0.2, 0.25) is 5.91 Å². The lowest BCUT2D eigenvalue weighted by Gasteiger charge is -2.46. The van der Waals surface area contributed by atoms with Crippen molar-refractivity contribution in [1.82, 2.24) is 14.8 Å². The zero-order chi connectivity index (χ0) is 20.1. The summed E-state index contributed by atoms with van der Waals surface area (Å²) < 4.78 is 0. The molecule has 0 unspecified atom stereocenters. The summed E-state index contributed by atoms with van der Waals surface area (Å²) >= 11 is 0. The van der Waals surface area contributed by atoms with Crippen LogP contribution >= 0.6 is 0 Å². The van der Waals surface area contributed by atoms with Crippen molar-refractivity contribution in [1.29, 1.82) is 0 Å². The first kappa shape index (κ1) is 20.6. The van der Waals surface area contributed by atoms with Crippen LogP contribution < -0.4 is 0 Å². The number of piperidine rings is 2. The summed E-state index contributed by atoms with van der Waals surface area (Å²) in [7, 11) is 0. The van der Waals surface area contributed by atoms with Gasteiger partial charge in [-0.3, -0.25) is 14.6 Å². The van der Waals surface area contributed by atoms with Crippen LogP contribution in [0.25, 0.3) is 0 Å². The average Bonchev–Trinajstić information content (AvgIpc) is 2.70. The summed E-state index contributed by atoms with van der Waals surface area (Å²) in [6.07, 6.45) is 11.2. The van der Waals surface area contributed by atoms with Gasteiger partial charge in [-0.1, -0.05) is 18.6 Å². The summed E-state index contributed by atoms with van der Waals surface area (Å²) in [5.74, 6) is 0.357. The van der Waals surface area contributed by atoms with E-state index in [1.54, 1.807) is 24.5 Å². The van der Waals surface area contributed by atoms with Crippen molar-refractivity contribution >= 4 is 11.8 Å². The van der Waals surface area contributed by atoms with Crippen molar-refractivity contribution in [3.63, 3.8) is 0 Å². The topological polar surface area (TPSA) is 53.5 Å². The largest absolute Gasteiger partial charge is 0.339 e. The molecule has 3 heterocycles. The molecule has 0 saturated carbocycles. The van der Waals surface area contributed by atoms with Gasteiger partial charge in [-0.05, 0) is 63.5 Å². The molecule has 2 fully saturated rings. The molecule has 1 atom stereocenters. The lowest BCUT2D eigenvalue weighted by Crippen LogP contribution is -2.54. The second-order valence-electron chi connectivity index (χ2n) is 8.91. The molecular weight excluding hydrogens is 350 g/mol. The lowest BCUT2D eigenvalue weighted by atomic mass is 9.77. The zero-order valence-electron chi connectivity index (χ0n) is 17.5. The second-order valence-corrected chi connectivity index (χ2v) is 8.91. The number of rotatable bonds is 5. The van der Waals surface area contributed by atoms with Crippen LogP contribution in [0.2, 0.25) is 0 Å². The van der Waals surface area contributed by atoms with Gasteiger partial charge in [0.15, 0.2) is 0 Å². The molecule has 0 radical (unpaired) electrons. The minimum atomic E-state index is 0.0670. The fourth-order valence-corrected chi connectivity index (χ4v) is 4.43. The number of hydrogen-bond acceptors (Lipinski definition) is 3. The molecule has 28 heavy (non-hydrogen) atoms. The van der Waals surface area contributed by atoms with E-state index in [2.05, 4.69) is 36.7 Å². The lowest BCUT2D eigenvalue weighted by molar-refractivity contribution is -0.141. The summed E-state index contributed by atoms with van der Waals surface area (Å²) in [6, 6.07) is 3.79. The van der Waals surface area contributed by atoms with Crippen LogP contribution in [-0.2, 0) is 4.79 Å². The van der Waals surface area contributed by atoms with Crippen LogP contribution in [0.5, 0.6) is 0 Å². The van der Waals surface area contributed by atoms with Gasteiger partial charge in [0.1, 0.15) is 0 Å². The molecule has 0 spiro atoms. The van der Waals surface area contributed by atoms with Gasteiger partial charge < -0.3 is 9.80 Å². The van der Waals surface area contributed by atoms with Gasteiger partial charge >= 0.3 is 0 Å². The van der Waals surface area contributed by atoms with Crippen LogP contribution in [0.15, 0.2) is 36.2 Å². The molecule has 0 bridgehead atoms. The van der Waals surface area contributed by atoms with Crippen molar-refractivity contribution in [3.05, 3.63) is 41.7 Å². The molecule has 2 amide bonds. The molecule has 5 nitrogen and oxygen atoms in total. The maximum absolute atomic E-state index is 12.6. The monoisotopic (exact) mass is 383 g/mol. The van der Waals surface area contributed by atoms with Crippen molar-refractivity contribution < 1.29 is 9.59 Å². The Morgan fingerprint density at radius 2 is 1.93 bits per heavy atom. The summed E-state index contributed by atoms with van der Waals surface area (Å²) in [5.41, 5.74) is 2.25. The van der Waals surface area contributed by atoms with Crippen molar-refractivity contribution in [2.24, 2.45) is 5.41 Å². The van der Waals surface area contributed by atoms with Gasteiger partial charge in [0.05, 0.1) is 0 Å². The first-order valence-corrected chi connectivity index (χ1v) is 10.5. The Morgan fingerprint density at radius 3 is 2.57 bits per heavy atom. The predicted molar refractivity (Wildman–Crippen MR) is 111 cm³/mol. The molecule has 0 N–H and O–H groups in total. The molecule has 0 aliphatic carbocycles. The van der Waals surface area contributed by atoms with Gasteiger partial charge in [-0.2, -0.15) is 0 Å². The number of carbonyl (C=O) groups is 2. The Kier molecular flexibility index (Phi) is 6.53. The average molecular weight is 384 g/mol. The number of carbonyl (C=O) groups excluding carboxylic acids is 2. The summed E-state index contributed by atoms with van der Waals surface area (Å²) in [4.78, 5) is 33.3. The van der Waals surface area contributed by atoms with Crippen LogP contribution in [-0.4, -0.2) is 52.3 Å². The SMILES string of the molecule is CC(C)=CCC[C@@]1(C)CCC(=O)N(C2CCN(C(=O)c3ccncc3)CC2)C1. The van der Waals surface area contributed by atoms with E-state index in [4.69, 9.17) is 0 Å². The minimum absolute atomic E-state index is 0.0670. The maximum atomic E-state index is 12.6. The first-order valence-electron chi connectivity index (χ1n) is 10.5. The van der Waals surface area contributed by atoms with E-state index in [9.17, 15) is 9.59 Å². The third kappa shape index (κ3) is 5.00. The van der Waals surface area contributed by atoms with E-state index in [1.807, 2.05) is 4.90 Å². The van der Waals surface area contributed by atoms with Crippen LogP contribution in [0.4, 0.5) is 0 Å². The molecule has 152 valence electrons. The van der Waals surface area contributed by atoms with Crippen molar-refractivity contribution in [2.45, 2.75) is 65.3 Å². The fourth-order valence-electron chi connectivity index (χ4n) is 4.43. The third-order valence-electron chi connectivity index (χ3n) is 6.24. The Hall–Kier alpha value is -2.17. The van der Waals surface area contributed by atoms with Crippen LogP contribution in [0.1, 0.15) is 69.7 Å². The Balaban J connectivity index is 1.57. The highest BCUT2D eigenvalue weighted by Gasteiger charge is 2.38. The fraction of sp³-hybridized carbons (Fsp3) is 0.609. The van der Waals surface area contributed by atoms with Crippen molar-refractivity contribution in [3.8, 4) is 0 Å². The Labute approximate surface area is 168 Å². The summed E-state index contributed by atoms with van der Waals surface area (Å²) in [6.45, 7) is 8.88. The molecular formula is C23H33N3O2. The van der Waals surface area contributed by atoms with E-state index in [0.29, 0.717) is 31.0 Å². The number of amides is 2. The van der Waals surface area contributed by atoms with Crippen LogP contribution in [0, 0.1) is 5.41 Å². The smallest absolute Gasteiger partial charge is 0.253 e. The highest BCUT2D eigenvalue weighted by molar-refractivity contribution is 5.94. The Morgan fingerprint density at radius 1 is 1.25 bits per heavy atom. The number of pyridine rings is 1. The predicted octanol–water partition coefficient (Wildman–Crippen LogP) is 4.06. The highest BCUT2D eigenvalue weighted by atomic mass is 16.2. The quantitative estimate of drug-likeness (QED) is 0.721. The zero-order valence-corrected chi connectivity index (χ0v) is 17.5. The molecule has 1 aromatic heterocycles.